The SMILES string of the molecule is CC(OC(=O)CSc1cccc2cccc(Cl)c12)C(=O)NCc1ccc2c(c1)OCO2. The molecule has 4 rings (SSSR count). The van der Waals surface area contributed by atoms with Gasteiger partial charge in [-0.3, -0.25) is 9.59 Å². The lowest BCUT2D eigenvalue weighted by atomic mass is 10.1. The molecule has 1 aliphatic heterocycles. The summed E-state index contributed by atoms with van der Waals surface area (Å²) in [6.45, 7) is 2.04. The Morgan fingerprint density at radius 2 is 1.90 bits per heavy atom. The lowest BCUT2D eigenvalue weighted by molar-refractivity contribution is -0.152. The second-order valence-corrected chi connectivity index (χ2v) is 8.34. The molecule has 0 saturated carbocycles. The van der Waals surface area contributed by atoms with Crippen LogP contribution in [0.2, 0.25) is 5.02 Å². The average molecular weight is 458 g/mol. The van der Waals surface area contributed by atoms with Crippen LogP contribution in [0.1, 0.15) is 12.5 Å². The molecule has 6 nitrogen and oxygen atoms in total. The Kier molecular flexibility index (Phi) is 6.53. The number of carbonyl (C=O) groups is 2. The zero-order chi connectivity index (χ0) is 21.8. The number of benzene rings is 3. The first-order chi connectivity index (χ1) is 15.0. The van der Waals surface area contributed by atoms with Crippen LogP contribution in [-0.4, -0.2) is 30.5 Å². The van der Waals surface area contributed by atoms with E-state index in [9.17, 15) is 9.59 Å². The zero-order valence-corrected chi connectivity index (χ0v) is 18.3. The van der Waals surface area contributed by atoms with Crippen molar-refractivity contribution >= 4 is 46.0 Å². The van der Waals surface area contributed by atoms with E-state index in [1.54, 1.807) is 13.0 Å². The Balaban J connectivity index is 1.28. The first-order valence-electron chi connectivity index (χ1n) is 9.67. The molecule has 3 aromatic carbocycles. The van der Waals surface area contributed by atoms with Crippen LogP contribution in [0.25, 0.3) is 10.8 Å². The van der Waals surface area contributed by atoms with Crippen LogP contribution in [0.3, 0.4) is 0 Å². The highest BCUT2D eigenvalue weighted by molar-refractivity contribution is 8.00. The maximum atomic E-state index is 12.3. The van der Waals surface area contributed by atoms with Crippen LogP contribution in [-0.2, 0) is 20.9 Å². The van der Waals surface area contributed by atoms with Crippen molar-refractivity contribution in [1.82, 2.24) is 5.32 Å². The van der Waals surface area contributed by atoms with E-state index in [1.807, 2.05) is 48.5 Å². The summed E-state index contributed by atoms with van der Waals surface area (Å²) in [5, 5.41) is 5.30. The predicted molar refractivity (Wildman–Crippen MR) is 120 cm³/mol. The van der Waals surface area contributed by atoms with Gasteiger partial charge in [0.25, 0.3) is 5.91 Å². The maximum absolute atomic E-state index is 12.3. The van der Waals surface area contributed by atoms with Gasteiger partial charge in [0.1, 0.15) is 0 Å². The molecule has 8 heteroatoms. The highest BCUT2D eigenvalue weighted by Crippen LogP contribution is 2.33. The van der Waals surface area contributed by atoms with Gasteiger partial charge in [-0.1, -0.05) is 41.9 Å². The molecule has 31 heavy (non-hydrogen) atoms. The molecule has 1 atom stereocenters. The second-order valence-electron chi connectivity index (χ2n) is 6.92. The van der Waals surface area contributed by atoms with E-state index in [1.165, 1.54) is 11.8 Å². The summed E-state index contributed by atoms with van der Waals surface area (Å²) in [7, 11) is 0. The minimum atomic E-state index is -0.904. The van der Waals surface area contributed by atoms with Gasteiger partial charge >= 0.3 is 5.97 Å². The minimum Gasteiger partial charge on any atom is -0.454 e. The molecule has 160 valence electrons. The van der Waals surface area contributed by atoms with Crippen molar-refractivity contribution in [1.29, 1.82) is 0 Å². The van der Waals surface area contributed by atoms with Crippen LogP contribution in [0.4, 0.5) is 0 Å². The van der Waals surface area contributed by atoms with Crippen molar-refractivity contribution in [3.63, 3.8) is 0 Å². The van der Waals surface area contributed by atoms with Gasteiger partial charge in [0.2, 0.25) is 6.79 Å². The Bertz CT molecular complexity index is 1130. The van der Waals surface area contributed by atoms with E-state index in [2.05, 4.69) is 5.32 Å². The lowest BCUT2D eigenvalue weighted by Crippen LogP contribution is -2.35. The molecule has 1 amide bonds. The largest absolute Gasteiger partial charge is 0.454 e. The third kappa shape index (κ3) is 5.06. The van der Waals surface area contributed by atoms with E-state index in [4.69, 9.17) is 25.8 Å². The number of nitrogens with one attached hydrogen (secondary N) is 1. The Morgan fingerprint density at radius 1 is 1.13 bits per heavy atom. The Hall–Kier alpha value is -2.90. The van der Waals surface area contributed by atoms with E-state index in [0.29, 0.717) is 23.1 Å². The highest BCUT2D eigenvalue weighted by atomic mass is 35.5. The fraction of sp³-hybridized carbons (Fsp3) is 0.217. The van der Waals surface area contributed by atoms with Gasteiger partial charge in [-0.15, -0.1) is 11.8 Å². The van der Waals surface area contributed by atoms with E-state index in [0.717, 1.165) is 21.2 Å². The average Bonchev–Trinajstić information content (AvgIpc) is 3.24. The molecular formula is C23H20ClNO5S. The summed E-state index contributed by atoms with van der Waals surface area (Å²) in [5.74, 6) is 0.563. The second kappa shape index (κ2) is 9.49. The van der Waals surface area contributed by atoms with E-state index < -0.39 is 12.1 Å². The van der Waals surface area contributed by atoms with Crippen molar-refractivity contribution in [2.45, 2.75) is 24.5 Å². The molecule has 1 N–H and O–H groups in total. The predicted octanol–water partition coefficient (Wildman–Crippen LogP) is 4.56. The molecule has 0 spiro atoms. The van der Waals surface area contributed by atoms with Crippen LogP contribution in [0.15, 0.2) is 59.5 Å². The summed E-state index contributed by atoms with van der Waals surface area (Å²) >= 11 is 7.65. The smallest absolute Gasteiger partial charge is 0.317 e. The molecular weight excluding hydrogens is 438 g/mol. The standard InChI is InChI=1S/C23H20ClNO5S/c1-14(23(27)25-11-15-8-9-18-19(10-15)29-13-28-18)30-21(26)12-31-20-7-3-5-16-4-2-6-17(24)22(16)20/h2-10,14H,11-13H2,1H3,(H,25,27). The number of hydrogen-bond donors (Lipinski definition) is 1. The molecule has 0 aliphatic carbocycles. The summed E-state index contributed by atoms with van der Waals surface area (Å²) in [6, 6.07) is 16.9. The van der Waals surface area contributed by atoms with Gasteiger partial charge in [0.05, 0.1) is 5.75 Å². The number of thioether (sulfide) groups is 1. The fourth-order valence-corrected chi connectivity index (χ4v) is 4.42. The number of halogens is 1. The van der Waals surface area contributed by atoms with Crippen LogP contribution in [0.5, 0.6) is 11.5 Å². The summed E-state index contributed by atoms with van der Waals surface area (Å²) in [5.41, 5.74) is 0.861. The first kappa shape index (κ1) is 21.3. The van der Waals surface area contributed by atoms with Crippen molar-refractivity contribution in [2.24, 2.45) is 0 Å². The zero-order valence-electron chi connectivity index (χ0n) is 16.7. The monoisotopic (exact) mass is 457 g/mol. The molecule has 0 fully saturated rings. The number of fused-ring (bicyclic) bond motifs is 2. The molecule has 1 aliphatic rings. The van der Waals surface area contributed by atoms with Crippen molar-refractivity contribution in [3.05, 3.63) is 65.2 Å². The molecule has 1 heterocycles. The number of esters is 1. The molecule has 0 saturated heterocycles. The summed E-state index contributed by atoms with van der Waals surface area (Å²) < 4.78 is 15.9. The maximum Gasteiger partial charge on any atom is 0.317 e. The van der Waals surface area contributed by atoms with Gasteiger partial charge in [-0.2, -0.15) is 0 Å². The van der Waals surface area contributed by atoms with Crippen molar-refractivity contribution in [3.8, 4) is 11.5 Å². The van der Waals surface area contributed by atoms with Crippen LogP contribution < -0.4 is 14.8 Å². The van der Waals surface area contributed by atoms with Gasteiger partial charge in [0.15, 0.2) is 17.6 Å². The number of rotatable bonds is 7. The van der Waals surface area contributed by atoms with E-state index >= 15 is 0 Å². The van der Waals surface area contributed by atoms with Crippen LogP contribution >= 0.6 is 23.4 Å². The third-order valence-electron chi connectivity index (χ3n) is 4.74. The molecule has 0 radical (unpaired) electrons. The number of amides is 1. The Morgan fingerprint density at radius 3 is 2.74 bits per heavy atom. The first-order valence-corrected chi connectivity index (χ1v) is 11.0. The number of hydrogen-bond acceptors (Lipinski definition) is 6. The topological polar surface area (TPSA) is 73.9 Å². The third-order valence-corrected chi connectivity index (χ3v) is 6.09. The van der Waals surface area contributed by atoms with E-state index in [-0.39, 0.29) is 18.5 Å². The molecule has 0 bridgehead atoms. The molecule has 1 unspecified atom stereocenters. The normalized spacial score (nSPS) is 13.1. The number of carbonyl (C=O) groups excluding carboxylic acids is 2. The quantitative estimate of drug-likeness (QED) is 0.414. The lowest BCUT2D eigenvalue weighted by Gasteiger charge is -2.14. The molecule has 3 aromatic rings. The minimum absolute atomic E-state index is 0.0735. The number of ether oxygens (including phenoxy) is 3. The summed E-state index contributed by atoms with van der Waals surface area (Å²) in [6.07, 6.45) is -0.904. The highest BCUT2D eigenvalue weighted by Gasteiger charge is 2.19. The van der Waals surface area contributed by atoms with Gasteiger partial charge in [-0.05, 0) is 42.1 Å². The van der Waals surface area contributed by atoms with Gasteiger partial charge in [-0.25, -0.2) is 0 Å². The molecule has 0 aromatic heterocycles. The van der Waals surface area contributed by atoms with Gasteiger partial charge in [0, 0.05) is 21.8 Å². The van der Waals surface area contributed by atoms with Crippen molar-refractivity contribution in [2.75, 3.05) is 12.5 Å². The summed E-state index contributed by atoms with van der Waals surface area (Å²) in [4.78, 5) is 25.5. The van der Waals surface area contributed by atoms with Crippen LogP contribution in [0, 0.1) is 0 Å². The fourth-order valence-electron chi connectivity index (χ4n) is 3.19. The van der Waals surface area contributed by atoms with Crippen molar-refractivity contribution < 1.29 is 23.8 Å². The van der Waals surface area contributed by atoms with Gasteiger partial charge < -0.3 is 19.5 Å². The Labute approximate surface area is 188 Å².